The first kappa shape index (κ1) is 20.1. The van der Waals surface area contributed by atoms with Crippen molar-refractivity contribution in [3.63, 3.8) is 0 Å². The SMILES string of the molecule is COc1ccc(CCNC(C)COc2c(C)ccc(C)c2C)cc1OC. The summed E-state index contributed by atoms with van der Waals surface area (Å²) in [5.74, 6) is 2.54. The molecule has 2 aromatic carbocycles. The van der Waals surface area contributed by atoms with Gasteiger partial charge in [-0.2, -0.15) is 0 Å². The van der Waals surface area contributed by atoms with Crippen molar-refractivity contribution >= 4 is 0 Å². The van der Waals surface area contributed by atoms with E-state index in [4.69, 9.17) is 14.2 Å². The van der Waals surface area contributed by atoms with Crippen LogP contribution in [0, 0.1) is 20.8 Å². The second-order valence-electron chi connectivity index (χ2n) is 6.76. The second kappa shape index (κ2) is 9.48. The number of rotatable bonds is 9. The predicted octanol–water partition coefficient (Wildman–Crippen LogP) is 4.23. The molecule has 0 amide bonds. The van der Waals surface area contributed by atoms with Gasteiger partial charge in [0.15, 0.2) is 11.5 Å². The minimum Gasteiger partial charge on any atom is -0.493 e. The molecular weight excluding hydrogens is 326 g/mol. The molecule has 0 radical (unpaired) electrons. The van der Waals surface area contributed by atoms with Crippen LogP contribution in [0.3, 0.4) is 0 Å². The van der Waals surface area contributed by atoms with E-state index < -0.39 is 0 Å². The number of ether oxygens (including phenoxy) is 3. The summed E-state index contributed by atoms with van der Waals surface area (Å²) in [5, 5.41) is 3.52. The van der Waals surface area contributed by atoms with Crippen molar-refractivity contribution in [3.8, 4) is 17.2 Å². The van der Waals surface area contributed by atoms with E-state index in [-0.39, 0.29) is 6.04 Å². The molecule has 0 saturated heterocycles. The van der Waals surface area contributed by atoms with Crippen molar-refractivity contribution in [1.82, 2.24) is 5.32 Å². The standard InChI is InChI=1S/C22H31NO3/c1-15-7-8-16(2)22(18(15)4)26-14-17(3)23-12-11-19-9-10-20(24-5)21(13-19)25-6/h7-10,13,17,23H,11-12,14H2,1-6H3. The molecule has 26 heavy (non-hydrogen) atoms. The van der Waals surface area contributed by atoms with Crippen LogP contribution in [0.1, 0.15) is 29.2 Å². The largest absolute Gasteiger partial charge is 0.493 e. The lowest BCUT2D eigenvalue weighted by Crippen LogP contribution is -2.33. The van der Waals surface area contributed by atoms with Crippen LogP contribution in [0.15, 0.2) is 30.3 Å². The summed E-state index contributed by atoms with van der Waals surface area (Å²) in [7, 11) is 3.31. The molecule has 0 saturated carbocycles. The lowest BCUT2D eigenvalue weighted by molar-refractivity contribution is 0.270. The van der Waals surface area contributed by atoms with Crippen LogP contribution >= 0.6 is 0 Å². The molecule has 0 bridgehead atoms. The molecule has 4 nitrogen and oxygen atoms in total. The maximum atomic E-state index is 6.08. The Bertz CT molecular complexity index is 728. The molecule has 0 aliphatic heterocycles. The monoisotopic (exact) mass is 357 g/mol. The molecule has 0 fully saturated rings. The summed E-state index contributed by atoms with van der Waals surface area (Å²) in [6.07, 6.45) is 0.924. The number of hydrogen-bond donors (Lipinski definition) is 1. The molecule has 2 aromatic rings. The Hall–Kier alpha value is -2.20. The van der Waals surface area contributed by atoms with E-state index in [0.717, 1.165) is 30.2 Å². The normalized spacial score (nSPS) is 11.9. The van der Waals surface area contributed by atoms with Gasteiger partial charge in [-0.1, -0.05) is 18.2 Å². The lowest BCUT2D eigenvalue weighted by Gasteiger charge is -2.18. The van der Waals surface area contributed by atoms with Crippen LogP contribution in [0.4, 0.5) is 0 Å². The maximum absolute atomic E-state index is 6.08. The van der Waals surface area contributed by atoms with Crippen LogP contribution < -0.4 is 19.5 Å². The number of nitrogens with one attached hydrogen (secondary N) is 1. The summed E-state index contributed by atoms with van der Waals surface area (Å²) in [5.41, 5.74) is 4.89. The fourth-order valence-corrected chi connectivity index (χ4v) is 2.91. The van der Waals surface area contributed by atoms with E-state index in [1.54, 1.807) is 14.2 Å². The molecule has 0 aromatic heterocycles. The van der Waals surface area contributed by atoms with Crippen molar-refractivity contribution < 1.29 is 14.2 Å². The fraction of sp³-hybridized carbons (Fsp3) is 0.455. The summed E-state index contributed by atoms with van der Waals surface area (Å²) < 4.78 is 16.7. The van der Waals surface area contributed by atoms with E-state index in [9.17, 15) is 0 Å². The van der Waals surface area contributed by atoms with Gasteiger partial charge in [0.25, 0.3) is 0 Å². The van der Waals surface area contributed by atoms with Gasteiger partial charge in [0.2, 0.25) is 0 Å². The quantitative estimate of drug-likeness (QED) is 0.729. The minimum absolute atomic E-state index is 0.273. The number of aryl methyl sites for hydroxylation is 2. The highest BCUT2D eigenvalue weighted by Crippen LogP contribution is 2.28. The second-order valence-corrected chi connectivity index (χ2v) is 6.76. The van der Waals surface area contributed by atoms with Crippen LogP contribution in [-0.2, 0) is 6.42 Å². The Kier molecular flexibility index (Phi) is 7.34. The summed E-state index contributed by atoms with van der Waals surface area (Å²) in [4.78, 5) is 0. The number of methoxy groups -OCH3 is 2. The third-order valence-electron chi connectivity index (χ3n) is 4.71. The van der Waals surface area contributed by atoms with Gasteiger partial charge in [0.1, 0.15) is 12.4 Å². The number of hydrogen-bond acceptors (Lipinski definition) is 4. The molecule has 4 heteroatoms. The van der Waals surface area contributed by atoms with Crippen molar-refractivity contribution in [2.24, 2.45) is 0 Å². The van der Waals surface area contributed by atoms with E-state index in [1.165, 1.54) is 22.3 Å². The van der Waals surface area contributed by atoms with E-state index in [1.807, 2.05) is 12.1 Å². The van der Waals surface area contributed by atoms with Crippen LogP contribution in [0.5, 0.6) is 17.2 Å². The van der Waals surface area contributed by atoms with Crippen LogP contribution in [-0.4, -0.2) is 33.4 Å². The molecule has 142 valence electrons. The first-order chi connectivity index (χ1) is 12.5. The molecular formula is C22H31NO3. The highest BCUT2D eigenvalue weighted by molar-refractivity contribution is 5.44. The Morgan fingerprint density at radius 1 is 0.923 bits per heavy atom. The average molecular weight is 357 g/mol. The molecule has 0 heterocycles. The predicted molar refractivity (Wildman–Crippen MR) is 107 cm³/mol. The van der Waals surface area contributed by atoms with Gasteiger partial charge in [0.05, 0.1) is 14.2 Å². The van der Waals surface area contributed by atoms with Crippen LogP contribution in [0.25, 0.3) is 0 Å². The molecule has 0 aliphatic rings. The Balaban J connectivity index is 1.83. The lowest BCUT2D eigenvalue weighted by atomic mass is 10.1. The zero-order chi connectivity index (χ0) is 19.1. The van der Waals surface area contributed by atoms with E-state index in [2.05, 4.69) is 51.2 Å². The molecule has 1 N–H and O–H groups in total. The van der Waals surface area contributed by atoms with Gasteiger partial charge in [-0.3, -0.25) is 0 Å². The van der Waals surface area contributed by atoms with Crippen molar-refractivity contribution in [2.45, 2.75) is 40.2 Å². The third-order valence-corrected chi connectivity index (χ3v) is 4.71. The molecule has 1 unspecified atom stereocenters. The summed E-state index contributed by atoms with van der Waals surface area (Å²) in [6.45, 7) is 10.0. The Morgan fingerprint density at radius 3 is 2.31 bits per heavy atom. The van der Waals surface area contributed by atoms with Gasteiger partial charge < -0.3 is 19.5 Å². The Morgan fingerprint density at radius 2 is 1.62 bits per heavy atom. The van der Waals surface area contributed by atoms with Crippen LogP contribution in [0.2, 0.25) is 0 Å². The average Bonchev–Trinajstić information content (AvgIpc) is 2.64. The summed E-state index contributed by atoms with van der Waals surface area (Å²) >= 11 is 0. The highest BCUT2D eigenvalue weighted by Gasteiger charge is 2.09. The summed E-state index contributed by atoms with van der Waals surface area (Å²) in [6, 6.07) is 10.6. The highest BCUT2D eigenvalue weighted by atomic mass is 16.5. The molecule has 1 atom stereocenters. The number of benzene rings is 2. The third kappa shape index (κ3) is 5.15. The molecule has 2 rings (SSSR count). The van der Waals surface area contributed by atoms with E-state index in [0.29, 0.717) is 6.61 Å². The Labute approximate surface area is 157 Å². The van der Waals surface area contributed by atoms with Gasteiger partial charge >= 0.3 is 0 Å². The zero-order valence-corrected chi connectivity index (χ0v) is 16.8. The maximum Gasteiger partial charge on any atom is 0.160 e. The first-order valence-electron chi connectivity index (χ1n) is 9.10. The zero-order valence-electron chi connectivity index (χ0n) is 16.8. The van der Waals surface area contributed by atoms with Gasteiger partial charge in [-0.15, -0.1) is 0 Å². The van der Waals surface area contributed by atoms with Gasteiger partial charge in [0, 0.05) is 6.04 Å². The van der Waals surface area contributed by atoms with Gasteiger partial charge in [-0.25, -0.2) is 0 Å². The van der Waals surface area contributed by atoms with Crippen molar-refractivity contribution in [2.75, 3.05) is 27.4 Å². The first-order valence-corrected chi connectivity index (χ1v) is 9.10. The van der Waals surface area contributed by atoms with E-state index >= 15 is 0 Å². The molecule has 0 spiro atoms. The van der Waals surface area contributed by atoms with Crippen molar-refractivity contribution in [1.29, 1.82) is 0 Å². The topological polar surface area (TPSA) is 39.7 Å². The van der Waals surface area contributed by atoms with Crippen molar-refractivity contribution in [3.05, 3.63) is 52.6 Å². The van der Waals surface area contributed by atoms with Gasteiger partial charge in [-0.05, 0) is 75.0 Å². The fourth-order valence-electron chi connectivity index (χ4n) is 2.91. The molecule has 0 aliphatic carbocycles. The minimum atomic E-state index is 0.273. The smallest absolute Gasteiger partial charge is 0.160 e.